The van der Waals surface area contributed by atoms with Crippen LogP contribution in [0.5, 0.6) is 0 Å². The number of hydrogen-bond acceptors (Lipinski definition) is 4. The third-order valence-electron chi connectivity index (χ3n) is 3.35. The molecule has 7 heteroatoms. The van der Waals surface area contributed by atoms with Gasteiger partial charge in [0.2, 0.25) is 0 Å². The average molecular weight is 367 g/mol. The van der Waals surface area contributed by atoms with Crippen molar-refractivity contribution < 1.29 is 4.74 Å². The van der Waals surface area contributed by atoms with Crippen molar-refractivity contribution >= 4 is 28.9 Å². The Morgan fingerprint density at radius 3 is 2.75 bits per heavy atom. The smallest absolute Gasteiger partial charge is 0.193 e. The summed E-state index contributed by atoms with van der Waals surface area (Å²) in [6.45, 7) is 4.62. The van der Waals surface area contributed by atoms with Gasteiger partial charge in [-0.1, -0.05) is 23.7 Å². The first-order valence-electron chi connectivity index (χ1n) is 7.73. The maximum absolute atomic E-state index is 5.86. The molecule has 0 atom stereocenters. The second kappa shape index (κ2) is 9.61. The van der Waals surface area contributed by atoms with Crippen LogP contribution in [-0.4, -0.2) is 43.1 Å². The second-order valence-electron chi connectivity index (χ2n) is 5.37. The summed E-state index contributed by atoms with van der Waals surface area (Å²) in [4.78, 5) is 10.8. The zero-order valence-electron chi connectivity index (χ0n) is 14.3. The van der Waals surface area contributed by atoms with E-state index < -0.39 is 0 Å². The number of halogens is 1. The second-order valence-corrected chi connectivity index (χ2v) is 6.87. The van der Waals surface area contributed by atoms with Crippen molar-refractivity contribution in [2.24, 2.45) is 4.99 Å². The minimum atomic E-state index is 0.575. The molecule has 2 rings (SSSR count). The quantitative estimate of drug-likeness (QED) is 0.464. The molecule has 130 valence electrons. The summed E-state index contributed by atoms with van der Waals surface area (Å²) in [5.74, 6) is 0.829. The molecule has 2 aromatic rings. The van der Waals surface area contributed by atoms with Gasteiger partial charge < -0.3 is 15.0 Å². The first kappa shape index (κ1) is 18.7. The van der Waals surface area contributed by atoms with Gasteiger partial charge >= 0.3 is 0 Å². The van der Waals surface area contributed by atoms with Gasteiger partial charge in [-0.25, -0.2) is 4.98 Å². The van der Waals surface area contributed by atoms with Crippen LogP contribution in [0.25, 0.3) is 0 Å². The van der Waals surface area contributed by atoms with E-state index in [2.05, 4.69) is 20.7 Å². The van der Waals surface area contributed by atoms with Gasteiger partial charge in [0.1, 0.15) is 0 Å². The van der Waals surface area contributed by atoms with E-state index in [4.69, 9.17) is 16.3 Å². The van der Waals surface area contributed by atoms with Crippen molar-refractivity contribution in [1.29, 1.82) is 0 Å². The van der Waals surface area contributed by atoms with Crippen LogP contribution in [0.2, 0.25) is 5.02 Å². The number of nitrogens with one attached hydrogen (secondary N) is 1. The van der Waals surface area contributed by atoms with Gasteiger partial charge in [0, 0.05) is 31.0 Å². The Morgan fingerprint density at radius 1 is 1.38 bits per heavy atom. The molecule has 1 aromatic carbocycles. The maximum atomic E-state index is 5.86. The summed E-state index contributed by atoms with van der Waals surface area (Å²) in [5, 5.41) is 7.19. The Kier molecular flexibility index (Phi) is 7.49. The predicted molar refractivity (Wildman–Crippen MR) is 101 cm³/mol. The molecule has 0 bridgehead atoms. The lowest BCUT2D eigenvalue weighted by molar-refractivity contribution is 0.125. The number of thiazole rings is 1. The van der Waals surface area contributed by atoms with Gasteiger partial charge in [-0.3, -0.25) is 4.99 Å². The molecule has 0 fully saturated rings. The lowest BCUT2D eigenvalue weighted by Crippen LogP contribution is -2.40. The number of aryl methyl sites for hydroxylation is 1. The molecule has 1 aromatic heterocycles. The van der Waals surface area contributed by atoms with Crippen LogP contribution < -0.4 is 5.32 Å². The molecule has 24 heavy (non-hydrogen) atoms. The van der Waals surface area contributed by atoms with E-state index in [0.29, 0.717) is 19.8 Å². The summed E-state index contributed by atoms with van der Waals surface area (Å²) in [6, 6.07) is 7.68. The Labute approximate surface area is 152 Å². The van der Waals surface area contributed by atoms with Crippen molar-refractivity contribution in [3.05, 3.63) is 50.9 Å². The molecular formula is C17H23ClN4OS. The molecule has 0 aliphatic carbocycles. The fourth-order valence-corrected chi connectivity index (χ4v) is 2.92. The zero-order chi connectivity index (χ0) is 17.4. The number of nitrogens with zero attached hydrogens (tertiary/aromatic N) is 3. The van der Waals surface area contributed by atoms with Crippen LogP contribution in [0.1, 0.15) is 16.3 Å². The minimum Gasteiger partial charge on any atom is -0.375 e. The summed E-state index contributed by atoms with van der Waals surface area (Å²) in [6.07, 6.45) is 0. The highest BCUT2D eigenvalue weighted by molar-refractivity contribution is 7.09. The highest BCUT2D eigenvalue weighted by Crippen LogP contribution is 2.10. The summed E-state index contributed by atoms with van der Waals surface area (Å²) < 4.78 is 5.67. The van der Waals surface area contributed by atoms with E-state index in [1.807, 2.05) is 43.1 Å². The van der Waals surface area contributed by atoms with Gasteiger partial charge in [0.15, 0.2) is 5.96 Å². The Balaban J connectivity index is 1.68. The Morgan fingerprint density at radius 2 is 2.12 bits per heavy atom. The maximum Gasteiger partial charge on any atom is 0.193 e. The number of ether oxygens (including phenoxy) is 1. The van der Waals surface area contributed by atoms with Gasteiger partial charge in [0.25, 0.3) is 0 Å². The van der Waals surface area contributed by atoms with E-state index in [0.717, 1.165) is 33.8 Å². The summed E-state index contributed by atoms with van der Waals surface area (Å²) in [5.41, 5.74) is 2.17. The fourth-order valence-electron chi connectivity index (χ4n) is 2.19. The molecule has 5 nitrogen and oxygen atoms in total. The molecule has 0 unspecified atom stereocenters. The SMILES string of the molecule is CN=C(NCCOCc1ccc(Cl)cc1)N(C)Cc1csc(C)n1. The lowest BCUT2D eigenvalue weighted by atomic mass is 10.2. The molecule has 0 spiro atoms. The summed E-state index contributed by atoms with van der Waals surface area (Å²) >= 11 is 7.53. The van der Waals surface area contributed by atoms with Crippen molar-refractivity contribution in [3.8, 4) is 0 Å². The molecule has 1 heterocycles. The van der Waals surface area contributed by atoms with E-state index in [1.165, 1.54) is 0 Å². The van der Waals surface area contributed by atoms with E-state index in [9.17, 15) is 0 Å². The van der Waals surface area contributed by atoms with Crippen LogP contribution in [0.4, 0.5) is 0 Å². The number of hydrogen-bond donors (Lipinski definition) is 1. The average Bonchev–Trinajstić information content (AvgIpc) is 2.97. The van der Waals surface area contributed by atoms with Crippen LogP contribution in [-0.2, 0) is 17.9 Å². The number of guanidine groups is 1. The predicted octanol–water partition coefficient (Wildman–Crippen LogP) is 3.33. The van der Waals surface area contributed by atoms with Crippen molar-refractivity contribution in [3.63, 3.8) is 0 Å². The van der Waals surface area contributed by atoms with Gasteiger partial charge in [-0.05, 0) is 24.6 Å². The van der Waals surface area contributed by atoms with Crippen LogP contribution in [0.15, 0.2) is 34.6 Å². The molecule has 0 amide bonds. The van der Waals surface area contributed by atoms with Crippen molar-refractivity contribution in [2.45, 2.75) is 20.1 Å². The third kappa shape index (κ3) is 6.11. The molecule has 0 saturated carbocycles. The van der Waals surface area contributed by atoms with E-state index >= 15 is 0 Å². The Hall–Kier alpha value is -1.63. The lowest BCUT2D eigenvalue weighted by Gasteiger charge is -2.21. The van der Waals surface area contributed by atoms with E-state index in [1.54, 1.807) is 18.4 Å². The van der Waals surface area contributed by atoms with Gasteiger partial charge in [-0.2, -0.15) is 0 Å². The minimum absolute atomic E-state index is 0.575. The molecule has 0 aliphatic rings. The molecule has 0 radical (unpaired) electrons. The van der Waals surface area contributed by atoms with Crippen molar-refractivity contribution in [2.75, 3.05) is 27.2 Å². The molecule has 1 N–H and O–H groups in total. The van der Waals surface area contributed by atoms with E-state index in [-0.39, 0.29) is 0 Å². The van der Waals surface area contributed by atoms with Crippen LogP contribution in [0.3, 0.4) is 0 Å². The van der Waals surface area contributed by atoms with Crippen LogP contribution in [0, 0.1) is 6.92 Å². The highest BCUT2D eigenvalue weighted by Gasteiger charge is 2.08. The summed E-state index contributed by atoms with van der Waals surface area (Å²) in [7, 11) is 3.78. The number of aliphatic imine (C=N–C) groups is 1. The first-order valence-corrected chi connectivity index (χ1v) is 8.99. The topological polar surface area (TPSA) is 49.8 Å². The number of rotatable bonds is 7. The molecule has 0 aliphatic heterocycles. The largest absolute Gasteiger partial charge is 0.375 e. The zero-order valence-corrected chi connectivity index (χ0v) is 15.8. The standard InChI is InChI=1S/C17H23ClN4OS/c1-13-21-16(12-24-13)10-22(3)17(19-2)20-8-9-23-11-14-4-6-15(18)7-5-14/h4-7,12H,8-11H2,1-3H3,(H,19,20). The molecule has 0 saturated heterocycles. The van der Waals surface area contributed by atoms with Crippen LogP contribution >= 0.6 is 22.9 Å². The normalized spacial score (nSPS) is 11.6. The van der Waals surface area contributed by atoms with Crippen molar-refractivity contribution in [1.82, 2.24) is 15.2 Å². The number of aromatic nitrogens is 1. The Bertz CT molecular complexity index is 657. The molecular weight excluding hydrogens is 344 g/mol. The monoisotopic (exact) mass is 366 g/mol. The highest BCUT2D eigenvalue weighted by atomic mass is 35.5. The van der Waals surface area contributed by atoms with Gasteiger partial charge in [-0.15, -0.1) is 11.3 Å². The fraction of sp³-hybridized carbons (Fsp3) is 0.412. The third-order valence-corrected chi connectivity index (χ3v) is 4.42. The van der Waals surface area contributed by atoms with Gasteiger partial charge in [0.05, 0.1) is 30.5 Å². The number of benzene rings is 1. The first-order chi connectivity index (χ1) is 11.6.